The predicted molar refractivity (Wildman–Crippen MR) is 412 cm³/mol. The number of nitrogens with zero attached hydrogens (tertiary/aromatic N) is 1. The first-order valence-corrected chi connectivity index (χ1v) is 40.2. The molecule has 0 aliphatic rings. The fraction of sp³-hybridized carbons (Fsp3) is 0.736. The molecule has 0 saturated carbocycles. The van der Waals surface area contributed by atoms with Gasteiger partial charge in [-0.2, -0.15) is 0 Å². The van der Waals surface area contributed by atoms with Gasteiger partial charge in [-0.25, -0.2) is 0 Å². The van der Waals surface area contributed by atoms with E-state index in [1.54, 1.807) is 0 Å². The lowest BCUT2D eigenvalue weighted by Gasteiger charge is -2.26. The number of likely N-dealkylation sites (N-methyl/N-ethyl adjacent to an activating group) is 1. The van der Waals surface area contributed by atoms with E-state index in [0.29, 0.717) is 17.4 Å². The molecule has 0 bridgehead atoms. The Balaban J connectivity index is 4.09. The van der Waals surface area contributed by atoms with Gasteiger partial charge in [0.2, 0.25) is 0 Å². The summed E-state index contributed by atoms with van der Waals surface area (Å²) in [4.78, 5) is 37.6. The Morgan fingerprint density at radius 1 is 0.323 bits per heavy atom. The van der Waals surface area contributed by atoms with Crippen molar-refractivity contribution in [1.29, 1.82) is 0 Å². The van der Waals surface area contributed by atoms with Gasteiger partial charge in [-0.3, -0.25) is 9.59 Å². The molecule has 552 valence electrons. The molecule has 0 rings (SSSR count). The Bertz CT molecular complexity index is 2000. The molecule has 0 spiro atoms. The number of hydrogen-bond acceptors (Lipinski definition) is 8. The highest BCUT2D eigenvalue weighted by Crippen LogP contribution is 2.19. The van der Waals surface area contributed by atoms with Crippen LogP contribution in [-0.2, 0) is 33.3 Å². The number of quaternary nitrogens is 1. The van der Waals surface area contributed by atoms with Crippen molar-refractivity contribution in [3.05, 3.63) is 122 Å². The molecule has 96 heavy (non-hydrogen) atoms. The first-order valence-electron chi connectivity index (χ1n) is 40.2. The largest absolute Gasteiger partial charge is 0.545 e. The number of carboxylic acids is 1. The molecule has 0 aromatic carbocycles. The Kier molecular flexibility index (Phi) is 73.0. The lowest BCUT2D eigenvalue weighted by molar-refractivity contribution is -0.870. The fourth-order valence-corrected chi connectivity index (χ4v) is 11.4. The Hall–Kier alpha value is -4.31. The molecule has 0 radical (unpaired) electrons. The highest BCUT2D eigenvalue weighted by Gasteiger charge is 2.22. The first-order chi connectivity index (χ1) is 47.1. The molecular weight excluding hydrogens is 1190 g/mol. The van der Waals surface area contributed by atoms with Crippen LogP contribution in [0.3, 0.4) is 0 Å². The van der Waals surface area contributed by atoms with Crippen molar-refractivity contribution in [2.75, 3.05) is 47.5 Å². The van der Waals surface area contributed by atoms with Crippen molar-refractivity contribution in [2.24, 2.45) is 0 Å². The SMILES string of the molecule is CC/C=C\C/C=C\C/C=C\C/C=C\C/C=C\C/C=C\C/C=C\C/C=C\C/C=C\C/C=C\CCCCCCCCC(=O)OC(COC(=O)CCCCCCCCCCCCCCCCCCCCCCCCCCCCCCCCCCCC)COC(OCC[N+](C)(C)C)C(=O)[O-]. The van der Waals surface area contributed by atoms with Gasteiger partial charge in [-0.1, -0.05) is 373 Å². The normalized spacial score (nSPS) is 13.3. The molecule has 9 nitrogen and oxygen atoms in total. The summed E-state index contributed by atoms with van der Waals surface area (Å²) in [6.07, 6.45) is 106. The average molecular weight is 1340 g/mol. The molecule has 0 aromatic rings. The molecule has 0 aliphatic heterocycles. The van der Waals surface area contributed by atoms with E-state index in [1.165, 1.54) is 199 Å². The topological polar surface area (TPSA) is 111 Å². The van der Waals surface area contributed by atoms with Crippen molar-refractivity contribution < 1.29 is 42.9 Å². The van der Waals surface area contributed by atoms with E-state index in [0.717, 1.165) is 122 Å². The number of ether oxygens (including phenoxy) is 4. The zero-order chi connectivity index (χ0) is 69.7. The van der Waals surface area contributed by atoms with E-state index in [1.807, 2.05) is 21.1 Å². The van der Waals surface area contributed by atoms with Crippen LogP contribution in [0.4, 0.5) is 0 Å². The van der Waals surface area contributed by atoms with Crippen LogP contribution < -0.4 is 5.11 Å². The summed E-state index contributed by atoms with van der Waals surface area (Å²) in [5.74, 6) is -2.30. The van der Waals surface area contributed by atoms with Gasteiger partial charge in [0.25, 0.3) is 0 Å². The Morgan fingerprint density at radius 3 is 0.885 bits per heavy atom. The van der Waals surface area contributed by atoms with Crippen LogP contribution in [0.25, 0.3) is 0 Å². The molecule has 0 aromatic heterocycles. The van der Waals surface area contributed by atoms with Gasteiger partial charge >= 0.3 is 11.9 Å². The highest BCUT2D eigenvalue weighted by atomic mass is 16.7. The molecule has 9 heteroatoms. The van der Waals surface area contributed by atoms with Gasteiger partial charge in [0.15, 0.2) is 12.4 Å². The highest BCUT2D eigenvalue weighted by molar-refractivity contribution is 5.70. The number of carbonyl (C=O) groups is 3. The van der Waals surface area contributed by atoms with Crippen molar-refractivity contribution in [1.82, 2.24) is 0 Å². The van der Waals surface area contributed by atoms with Crippen LogP contribution >= 0.6 is 0 Å². The number of rotatable bonds is 74. The van der Waals surface area contributed by atoms with Gasteiger partial charge in [-0.15, -0.1) is 0 Å². The monoisotopic (exact) mass is 1340 g/mol. The Labute approximate surface area is 593 Å². The predicted octanol–water partition coefficient (Wildman–Crippen LogP) is 24.5. The quantitative estimate of drug-likeness (QED) is 0.0195. The van der Waals surface area contributed by atoms with E-state index >= 15 is 0 Å². The summed E-state index contributed by atoms with van der Waals surface area (Å²) in [5, 5.41) is 11.9. The summed E-state index contributed by atoms with van der Waals surface area (Å²) in [5.41, 5.74) is 0. The van der Waals surface area contributed by atoms with Crippen molar-refractivity contribution >= 4 is 17.9 Å². The number of hydrogen-bond donors (Lipinski definition) is 0. The van der Waals surface area contributed by atoms with Gasteiger partial charge in [0.05, 0.1) is 40.3 Å². The van der Waals surface area contributed by atoms with Gasteiger partial charge in [0, 0.05) is 12.8 Å². The average Bonchev–Trinajstić information content (AvgIpc) is 2.74. The third-order valence-electron chi connectivity index (χ3n) is 17.5. The second-order valence-corrected chi connectivity index (χ2v) is 28.0. The van der Waals surface area contributed by atoms with Crippen molar-refractivity contribution in [2.45, 2.75) is 367 Å². The van der Waals surface area contributed by atoms with E-state index in [4.69, 9.17) is 18.9 Å². The fourth-order valence-electron chi connectivity index (χ4n) is 11.4. The first kappa shape index (κ1) is 91.7. The summed E-state index contributed by atoms with van der Waals surface area (Å²) in [6.45, 7) is 4.65. The maximum atomic E-state index is 13.0. The maximum Gasteiger partial charge on any atom is 0.306 e. The van der Waals surface area contributed by atoms with E-state index < -0.39 is 24.3 Å². The lowest BCUT2D eigenvalue weighted by atomic mass is 10.0. The van der Waals surface area contributed by atoms with E-state index in [-0.39, 0.29) is 38.6 Å². The molecule has 0 aliphatic carbocycles. The molecule has 0 N–H and O–H groups in total. The molecule has 0 fully saturated rings. The lowest BCUT2D eigenvalue weighted by Crippen LogP contribution is -2.44. The molecular formula is C87H151NO8. The minimum absolute atomic E-state index is 0.140. The number of carboxylic acid groups (broad SMARTS) is 1. The summed E-state index contributed by atoms with van der Waals surface area (Å²) in [6, 6.07) is 0. The van der Waals surface area contributed by atoms with E-state index in [2.05, 4.69) is 135 Å². The Morgan fingerprint density at radius 2 is 0.594 bits per heavy atom. The minimum atomic E-state index is -1.63. The molecule has 0 amide bonds. The van der Waals surface area contributed by atoms with Crippen LogP contribution in [0.5, 0.6) is 0 Å². The van der Waals surface area contributed by atoms with Gasteiger partial charge in [0.1, 0.15) is 13.2 Å². The number of unbranched alkanes of at least 4 members (excludes halogenated alkanes) is 39. The zero-order valence-corrected chi connectivity index (χ0v) is 63.2. The zero-order valence-electron chi connectivity index (χ0n) is 63.2. The number of aliphatic carboxylic acids is 1. The second-order valence-electron chi connectivity index (χ2n) is 28.0. The van der Waals surface area contributed by atoms with Gasteiger partial charge < -0.3 is 33.3 Å². The minimum Gasteiger partial charge on any atom is -0.545 e. The maximum absolute atomic E-state index is 13.0. The van der Waals surface area contributed by atoms with Gasteiger partial charge in [-0.05, 0) is 89.9 Å². The second kappa shape index (κ2) is 76.4. The smallest absolute Gasteiger partial charge is 0.306 e. The van der Waals surface area contributed by atoms with E-state index in [9.17, 15) is 19.5 Å². The third-order valence-corrected chi connectivity index (χ3v) is 17.5. The van der Waals surface area contributed by atoms with Crippen LogP contribution in [0.2, 0.25) is 0 Å². The molecule has 2 unspecified atom stereocenters. The van der Waals surface area contributed by atoms with Crippen LogP contribution in [-0.4, -0.2) is 82.3 Å². The number of esters is 2. The number of carbonyl (C=O) groups excluding carboxylic acids is 3. The van der Waals surface area contributed by atoms with Crippen molar-refractivity contribution in [3.63, 3.8) is 0 Å². The summed E-state index contributed by atoms with van der Waals surface area (Å²) >= 11 is 0. The summed E-state index contributed by atoms with van der Waals surface area (Å²) < 4.78 is 22.8. The van der Waals surface area contributed by atoms with Crippen LogP contribution in [0.15, 0.2) is 122 Å². The van der Waals surface area contributed by atoms with Crippen molar-refractivity contribution in [3.8, 4) is 0 Å². The van der Waals surface area contributed by atoms with Crippen LogP contribution in [0.1, 0.15) is 354 Å². The van der Waals surface area contributed by atoms with Crippen LogP contribution in [0, 0.1) is 0 Å². The molecule has 2 atom stereocenters. The number of allylic oxidation sites excluding steroid dienone is 20. The third kappa shape index (κ3) is 77.0. The summed E-state index contributed by atoms with van der Waals surface area (Å²) in [7, 11) is 5.93. The standard InChI is InChI=1S/C87H151NO8/c1-6-8-10-12-14-16-18-20-22-24-26-28-30-32-34-36-38-40-42-43-44-46-48-50-52-54-56-58-60-62-64-66-68-70-72-74-76-78-85(90)96-83(82-95-87(86(91)92)93-80-79-88(3,4)5)81-94-84(89)77-75-73-71-69-67-65-63-61-59-57-55-53-51-49-47-45-41-39-37-35-33-31-29-27-25-23-21-19-17-15-13-11-9-7-2/h8,10,14,16,20,22,26,28,32,34,38,40,43-44,48,50,54,56,60,62,83,87H,6-7,9,11-13,15,17-19,21,23-25,27,29-31,33,35-37,39,41-42,45-47,49,51-53,55,57-59,61,63-82H2,1-5H3/b10-8-,16-14-,22-20-,28-26-,34-32-,40-38-,44-43-,50-48-,56-54-,62-60-. The molecule has 0 saturated heterocycles. The molecule has 0 heterocycles.